The third-order valence-electron chi connectivity index (χ3n) is 2.81. The Labute approximate surface area is 116 Å². The summed E-state index contributed by atoms with van der Waals surface area (Å²) >= 11 is 1.91. The maximum absolute atomic E-state index is 5.25. The van der Waals surface area contributed by atoms with Crippen LogP contribution in [0.25, 0.3) is 0 Å². The second kappa shape index (κ2) is 9.29. The van der Waals surface area contributed by atoms with Gasteiger partial charge in [0.05, 0.1) is 7.11 Å². The first kappa shape index (κ1) is 15.4. The molecule has 1 atom stereocenters. The Balaban J connectivity index is 2.44. The topological polar surface area (TPSA) is 21.3 Å². The summed E-state index contributed by atoms with van der Waals surface area (Å²) < 4.78 is 5.25. The van der Waals surface area contributed by atoms with Gasteiger partial charge in [-0.3, -0.25) is 0 Å². The van der Waals surface area contributed by atoms with Gasteiger partial charge in [0.25, 0.3) is 0 Å². The van der Waals surface area contributed by atoms with E-state index in [1.54, 1.807) is 7.11 Å². The molecule has 0 aliphatic carbocycles. The number of hydrogen-bond acceptors (Lipinski definition) is 3. The van der Waals surface area contributed by atoms with Crippen LogP contribution in [0.1, 0.15) is 33.1 Å². The quantitative estimate of drug-likeness (QED) is 0.684. The minimum atomic E-state index is 0.617. The lowest BCUT2D eigenvalue weighted by molar-refractivity contribution is 0.413. The summed E-state index contributed by atoms with van der Waals surface area (Å²) in [4.78, 5) is 1.29. The van der Waals surface area contributed by atoms with Crippen molar-refractivity contribution in [2.45, 2.75) is 44.0 Å². The summed E-state index contributed by atoms with van der Waals surface area (Å²) in [7, 11) is 1.71. The minimum absolute atomic E-state index is 0.617. The lowest BCUT2D eigenvalue weighted by Gasteiger charge is -2.17. The van der Waals surface area contributed by atoms with Gasteiger partial charge in [-0.1, -0.05) is 26.3 Å². The number of rotatable bonds is 9. The first-order valence-corrected chi connectivity index (χ1v) is 7.79. The standard InChI is InChI=1S/C15H25NOS/c1-4-7-13(16-10-5-2)12-18-15-9-6-8-14(11-15)17-3/h6,8-9,11,13,16H,4-5,7,10,12H2,1-3H3. The number of ether oxygens (including phenoxy) is 1. The molecular weight excluding hydrogens is 242 g/mol. The molecule has 0 heterocycles. The Bertz CT molecular complexity index is 330. The van der Waals surface area contributed by atoms with Crippen LogP contribution in [0.3, 0.4) is 0 Å². The highest BCUT2D eigenvalue weighted by Crippen LogP contribution is 2.24. The second-order valence-corrected chi connectivity index (χ2v) is 5.52. The predicted molar refractivity (Wildman–Crippen MR) is 80.7 cm³/mol. The number of methoxy groups -OCH3 is 1. The average molecular weight is 267 g/mol. The van der Waals surface area contributed by atoms with Gasteiger partial charge in [-0.05, 0) is 37.6 Å². The van der Waals surface area contributed by atoms with Gasteiger partial charge >= 0.3 is 0 Å². The summed E-state index contributed by atoms with van der Waals surface area (Å²) in [6.45, 7) is 5.57. The molecule has 0 spiro atoms. The highest BCUT2D eigenvalue weighted by molar-refractivity contribution is 7.99. The van der Waals surface area contributed by atoms with E-state index in [9.17, 15) is 0 Å². The molecule has 1 rings (SSSR count). The first-order valence-electron chi connectivity index (χ1n) is 6.80. The van der Waals surface area contributed by atoms with Crippen molar-refractivity contribution in [3.63, 3.8) is 0 Å². The lowest BCUT2D eigenvalue weighted by Crippen LogP contribution is -2.31. The van der Waals surface area contributed by atoms with Crippen molar-refractivity contribution in [1.82, 2.24) is 5.32 Å². The summed E-state index contributed by atoms with van der Waals surface area (Å²) in [5, 5.41) is 3.62. The molecule has 1 unspecified atom stereocenters. The zero-order chi connectivity index (χ0) is 13.2. The van der Waals surface area contributed by atoms with E-state index in [2.05, 4.69) is 37.4 Å². The summed E-state index contributed by atoms with van der Waals surface area (Å²) in [5.41, 5.74) is 0. The van der Waals surface area contributed by atoms with Gasteiger partial charge in [-0.15, -0.1) is 11.8 Å². The monoisotopic (exact) mass is 267 g/mol. The smallest absolute Gasteiger partial charge is 0.119 e. The van der Waals surface area contributed by atoms with Crippen molar-refractivity contribution in [3.8, 4) is 5.75 Å². The Hall–Kier alpha value is -0.670. The van der Waals surface area contributed by atoms with E-state index >= 15 is 0 Å². The maximum Gasteiger partial charge on any atom is 0.119 e. The molecule has 0 aromatic heterocycles. The molecule has 1 aromatic carbocycles. The highest BCUT2D eigenvalue weighted by Gasteiger charge is 2.07. The zero-order valence-electron chi connectivity index (χ0n) is 11.7. The van der Waals surface area contributed by atoms with Crippen LogP contribution in [0, 0.1) is 0 Å². The molecular formula is C15H25NOS. The van der Waals surface area contributed by atoms with Crippen LogP contribution in [0.5, 0.6) is 5.75 Å². The number of thioether (sulfide) groups is 1. The van der Waals surface area contributed by atoms with Crippen molar-refractivity contribution in [3.05, 3.63) is 24.3 Å². The fourth-order valence-corrected chi connectivity index (χ4v) is 2.88. The molecule has 0 radical (unpaired) electrons. The van der Waals surface area contributed by atoms with Gasteiger partial charge in [0.2, 0.25) is 0 Å². The molecule has 0 saturated carbocycles. The minimum Gasteiger partial charge on any atom is -0.497 e. The molecule has 0 saturated heterocycles. The third-order valence-corrected chi connectivity index (χ3v) is 3.97. The zero-order valence-corrected chi connectivity index (χ0v) is 12.6. The molecule has 0 bridgehead atoms. The molecule has 102 valence electrons. The van der Waals surface area contributed by atoms with E-state index in [4.69, 9.17) is 4.74 Å². The van der Waals surface area contributed by atoms with Crippen LogP contribution in [-0.4, -0.2) is 25.4 Å². The van der Waals surface area contributed by atoms with Crippen molar-refractivity contribution < 1.29 is 4.74 Å². The molecule has 2 nitrogen and oxygen atoms in total. The largest absolute Gasteiger partial charge is 0.497 e. The third kappa shape index (κ3) is 5.78. The fraction of sp³-hybridized carbons (Fsp3) is 0.600. The maximum atomic E-state index is 5.25. The Morgan fingerprint density at radius 3 is 2.78 bits per heavy atom. The molecule has 1 N–H and O–H groups in total. The molecule has 3 heteroatoms. The number of benzene rings is 1. The average Bonchev–Trinajstić information content (AvgIpc) is 2.42. The van der Waals surface area contributed by atoms with Crippen LogP contribution in [0.15, 0.2) is 29.2 Å². The molecule has 0 fully saturated rings. The molecule has 0 aliphatic heterocycles. The fourth-order valence-electron chi connectivity index (χ4n) is 1.83. The normalized spacial score (nSPS) is 12.4. The molecule has 0 aliphatic rings. The van der Waals surface area contributed by atoms with Crippen LogP contribution in [-0.2, 0) is 0 Å². The van der Waals surface area contributed by atoms with E-state index in [-0.39, 0.29) is 0 Å². The molecule has 0 amide bonds. The summed E-state index contributed by atoms with van der Waals surface area (Å²) in [6.07, 6.45) is 3.68. The number of nitrogens with one attached hydrogen (secondary N) is 1. The van der Waals surface area contributed by atoms with E-state index < -0.39 is 0 Å². The van der Waals surface area contributed by atoms with E-state index in [0.29, 0.717) is 6.04 Å². The van der Waals surface area contributed by atoms with Gasteiger partial charge in [-0.2, -0.15) is 0 Å². The van der Waals surface area contributed by atoms with E-state index in [1.165, 1.54) is 24.2 Å². The van der Waals surface area contributed by atoms with Crippen LogP contribution in [0.4, 0.5) is 0 Å². The van der Waals surface area contributed by atoms with Crippen molar-refractivity contribution in [2.24, 2.45) is 0 Å². The van der Waals surface area contributed by atoms with Crippen molar-refractivity contribution >= 4 is 11.8 Å². The van der Waals surface area contributed by atoms with E-state index in [0.717, 1.165) is 18.0 Å². The first-order chi connectivity index (χ1) is 8.80. The summed E-state index contributed by atoms with van der Waals surface area (Å²) in [5.74, 6) is 2.06. The predicted octanol–water partition coefficient (Wildman–Crippen LogP) is 3.96. The number of hydrogen-bond donors (Lipinski definition) is 1. The van der Waals surface area contributed by atoms with Gasteiger partial charge in [0, 0.05) is 16.7 Å². The van der Waals surface area contributed by atoms with Crippen molar-refractivity contribution in [1.29, 1.82) is 0 Å². The van der Waals surface area contributed by atoms with Crippen LogP contribution < -0.4 is 10.1 Å². The molecule has 1 aromatic rings. The van der Waals surface area contributed by atoms with Gasteiger partial charge in [0.1, 0.15) is 5.75 Å². The Kier molecular flexibility index (Phi) is 7.94. The second-order valence-electron chi connectivity index (χ2n) is 4.43. The van der Waals surface area contributed by atoms with Crippen LogP contribution >= 0.6 is 11.8 Å². The SMILES string of the molecule is CCCNC(CCC)CSc1cccc(OC)c1. The van der Waals surface area contributed by atoms with Crippen LogP contribution in [0.2, 0.25) is 0 Å². The highest BCUT2D eigenvalue weighted by atomic mass is 32.2. The lowest BCUT2D eigenvalue weighted by atomic mass is 10.2. The van der Waals surface area contributed by atoms with Gasteiger partial charge in [-0.25, -0.2) is 0 Å². The Morgan fingerprint density at radius 1 is 1.28 bits per heavy atom. The van der Waals surface area contributed by atoms with Gasteiger partial charge < -0.3 is 10.1 Å². The molecule has 18 heavy (non-hydrogen) atoms. The van der Waals surface area contributed by atoms with Gasteiger partial charge in [0.15, 0.2) is 0 Å². The summed E-state index contributed by atoms with van der Waals surface area (Å²) in [6, 6.07) is 8.91. The van der Waals surface area contributed by atoms with E-state index in [1.807, 2.05) is 17.8 Å². The van der Waals surface area contributed by atoms with Crippen molar-refractivity contribution in [2.75, 3.05) is 19.4 Å². The Morgan fingerprint density at radius 2 is 2.11 bits per heavy atom.